The molecule has 38 heavy (non-hydrogen) atoms. The van der Waals surface area contributed by atoms with Crippen molar-refractivity contribution < 1.29 is 13.9 Å². The van der Waals surface area contributed by atoms with Gasteiger partial charge in [0.1, 0.15) is 17.3 Å². The van der Waals surface area contributed by atoms with E-state index in [4.69, 9.17) is 10.1 Å². The summed E-state index contributed by atoms with van der Waals surface area (Å²) in [4.78, 5) is 19.8. The van der Waals surface area contributed by atoms with Gasteiger partial charge >= 0.3 is 0 Å². The molecule has 8 heteroatoms. The Hall–Kier alpha value is -3.78. The van der Waals surface area contributed by atoms with E-state index in [1.165, 1.54) is 6.07 Å². The third-order valence-electron chi connectivity index (χ3n) is 7.11. The largest absolute Gasteiger partial charge is 0.457 e. The number of halogens is 1. The zero-order valence-corrected chi connectivity index (χ0v) is 22.5. The fourth-order valence-electron chi connectivity index (χ4n) is 5.08. The smallest absolute Gasteiger partial charge is 0.254 e. The molecule has 3 N–H and O–H groups in total. The molecule has 0 spiro atoms. The Morgan fingerprint density at radius 1 is 1.18 bits per heavy atom. The first kappa shape index (κ1) is 27.3. The molecule has 0 saturated carbocycles. The summed E-state index contributed by atoms with van der Waals surface area (Å²) in [6.45, 7) is 8.29. The van der Waals surface area contributed by atoms with E-state index < -0.39 is 5.82 Å². The molecule has 2 aromatic carbocycles. The maximum absolute atomic E-state index is 15.4. The van der Waals surface area contributed by atoms with Crippen molar-refractivity contribution in [3.05, 3.63) is 71.2 Å². The number of carbonyl (C=O) groups excluding carboxylic acids is 1. The molecule has 1 fully saturated rings. The van der Waals surface area contributed by atoms with Gasteiger partial charge in [-0.25, -0.2) is 4.39 Å². The van der Waals surface area contributed by atoms with Crippen molar-refractivity contribution in [3.8, 4) is 22.8 Å². The van der Waals surface area contributed by atoms with Crippen molar-refractivity contribution in [2.45, 2.75) is 46.1 Å². The Morgan fingerprint density at radius 3 is 2.68 bits per heavy atom. The number of benzene rings is 2. The van der Waals surface area contributed by atoms with Crippen LogP contribution in [0.5, 0.6) is 11.5 Å². The minimum atomic E-state index is -0.556. The number of carbonyl (C=O) groups is 1. The summed E-state index contributed by atoms with van der Waals surface area (Å²) in [6.07, 6.45) is 4.30. The molecule has 0 bridgehead atoms. The summed E-state index contributed by atoms with van der Waals surface area (Å²) in [7, 11) is 1.80. The van der Waals surface area contributed by atoms with E-state index in [9.17, 15) is 4.79 Å². The lowest BCUT2D eigenvalue weighted by Gasteiger charge is -2.23. The molecule has 1 unspecified atom stereocenters. The molecule has 1 saturated heterocycles. The third kappa shape index (κ3) is 6.02. The van der Waals surface area contributed by atoms with E-state index in [0.717, 1.165) is 37.2 Å². The van der Waals surface area contributed by atoms with Crippen molar-refractivity contribution in [1.82, 2.24) is 15.2 Å². The maximum Gasteiger partial charge on any atom is 0.254 e. The van der Waals surface area contributed by atoms with Gasteiger partial charge in [-0.05, 0) is 75.2 Å². The first-order chi connectivity index (χ1) is 18.3. The standard InChI is InChI=1S/C30H36FN5O2/c1-5-20-14-21(15-26(31)29(20)30(37)35-18-22-8-7-13-36(22)6-2)27-16-24(11-12-34-27)38-23-9-10-25(19(3)32)28(17-23)33-4/h9-12,14-17,22,32-33H,5-8,13,18H2,1-4H3,(H,35,37). The molecule has 200 valence electrons. The number of nitrogens with one attached hydrogen (secondary N) is 3. The molecule has 1 amide bonds. The number of hydrogen-bond acceptors (Lipinski definition) is 6. The molecule has 3 aromatic rings. The summed E-state index contributed by atoms with van der Waals surface area (Å²) in [5.74, 6) is 0.226. The average molecular weight is 518 g/mol. The summed E-state index contributed by atoms with van der Waals surface area (Å²) in [6, 6.07) is 12.5. The van der Waals surface area contributed by atoms with E-state index in [-0.39, 0.29) is 11.5 Å². The highest BCUT2D eigenvalue weighted by molar-refractivity contribution is 6.01. The van der Waals surface area contributed by atoms with Crippen LogP contribution in [0.15, 0.2) is 48.7 Å². The summed E-state index contributed by atoms with van der Waals surface area (Å²) >= 11 is 0. The maximum atomic E-state index is 15.4. The van der Waals surface area contributed by atoms with Crippen molar-refractivity contribution in [2.24, 2.45) is 0 Å². The van der Waals surface area contributed by atoms with Crippen LogP contribution in [0.3, 0.4) is 0 Å². The monoisotopic (exact) mass is 517 g/mol. The predicted octanol–water partition coefficient (Wildman–Crippen LogP) is 5.89. The number of nitrogens with zero attached hydrogens (tertiary/aromatic N) is 2. The van der Waals surface area contributed by atoms with Gasteiger partial charge in [0.15, 0.2) is 0 Å². The van der Waals surface area contributed by atoms with Gasteiger partial charge in [-0.2, -0.15) is 0 Å². The fourth-order valence-corrected chi connectivity index (χ4v) is 5.08. The van der Waals surface area contributed by atoms with Crippen molar-refractivity contribution >= 4 is 17.3 Å². The Balaban J connectivity index is 1.54. The molecule has 1 aliphatic heterocycles. The highest BCUT2D eigenvalue weighted by Gasteiger charge is 2.25. The van der Waals surface area contributed by atoms with E-state index in [0.29, 0.717) is 53.0 Å². The number of anilines is 1. The van der Waals surface area contributed by atoms with Crippen LogP contribution in [-0.2, 0) is 6.42 Å². The molecule has 4 rings (SSSR count). The molecule has 1 atom stereocenters. The highest BCUT2D eigenvalue weighted by Crippen LogP contribution is 2.31. The van der Waals surface area contributed by atoms with Crippen LogP contribution in [0.1, 0.15) is 55.1 Å². The number of likely N-dealkylation sites (N-methyl/N-ethyl adjacent to an activating group) is 1. The minimum Gasteiger partial charge on any atom is -0.457 e. The van der Waals surface area contributed by atoms with Crippen LogP contribution in [0.2, 0.25) is 0 Å². The van der Waals surface area contributed by atoms with Crippen LogP contribution >= 0.6 is 0 Å². The van der Waals surface area contributed by atoms with E-state index >= 15 is 4.39 Å². The molecule has 0 radical (unpaired) electrons. The van der Waals surface area contributed by atoms with Gasteiger partial charge < -0.3 is 20.8 Å². The number of amides is 1. The number of ether oxygens (including phenoxy) is 1. The number of rotatable bonds is 10. The zero-order valence-electron chi connectivity index (χ0n) is 22.5. The number of hydrogen-bond donors (Lipinski definition) is 3. The molecular formula is C30H36FN5O2. The number of likely N-dealkylation sites (tertiary alicyclic amines) is 1. The van der Waals surface area contributed by atoms with Gasteiger partial charge in [0.2, 0.25) is 0 Å². The summed E-state index contributed by atoms with van der Waals surface area (Å²) < 4.78 is 21.4. The van der Waals surface area contributed by atoms with Crippen molar-refractivity contribution in [2.75, 3.05) is 32.0 Å². The molecule has 7 nitrogen and oxygen atoms in total. The van der Waals surface area contributed by atoms with Crippen LogP contribution < -0.4 is 15.4 Å². The first-order valence-electron chi connectivity index (χ1n) is 13.2. The van der Waals surface area contributed by atoms with Crippen LogP contribution in [0.25, 0.3) is 11.3 Å². The number of aromatic nitrogens is 1. The summed E-state index contributed by atoms with van der Waals surface area (Å²) in [5, 5.41) is 14.0. The second-order valence-electron chi connectivity index (χ2n) is 9.54. The SMILES string of the molecule is CCc1cc(-c2cc(Oc3ccc(C(C)=N)c(NC)c3)ccn2)cc(F)c1C(=O)NCC1CCCN1CC. The first-order valence-corrected chi connectivity index (χ1v) is 13.2. The second kappa shape index (κ2) is 12.2. The minimum absolute atomic E-state index is 0.103. The van der Waals surface area contributed by atoms with E-state index in [2.05, 4.69) is 27.4 Å². The molecule has 0 aliphatic carbocycles. The molecule has 2 heterocycles. The molecular weight excluding hydrogens is 481 g/mol. The number of aryl methyl sites for hydroxylation is 1. The Kier molecular flexibility index (Phi) is 8.73. The lowest BCUT2D eigenvalue weighted by Crippen LogP contribution is -2.40. The Morgan fingerprint density at radius 2 is 1.97 bits per heavy atom. The van der Waals surface area contributed by atoms with Crippen LogP contribution in [0, 0.1) is 11.2 Å². The van der Waals surface area contributed by atoms with Crippen LogP contribution in [0.4, 0.5) is 10.1 Å². The fraction of sp³-hybridized carbons (Fsp3) is 0.367. The third-order valence-corrected chi connectivity index (χ3v) is 7.11. The van der Waals surface area contributed by atoms with Gasteiger partial charge in [0.05, 0.1) is 11.3 Å². The topological polar surface area (TPSA) is 90.3 Å². The molecule has 1 aromatic heterocycles. The normalized spacial score (nSPS) is 15.3. The van der Waals surface area contributed by atoms with Crippen molar-refractivity contribution in [1.29, 1.82) is 5.41 Å². The van der Waals surface area contributed by atoms with Gasteiger partial charge in [-0.1, -0.05) is 13.8 Å². The van der Waals surface area contributed by atoms with E-state index in [1.54, 1.807) is 32.3 Å². The Labute approximate surface area is 223 Å². The Bertz CT molecular complexity index is 1330. The lowest BCUT2D eigenvalue weighted by atomic mass is 9.98. The van der Waals surface area contributed by atoms with E-state index in [1.807, 2.05) is 31.2 Å². The lowest BCUT2D eigenvalue weighted by molar-refractivity contribution is 0.0936. The van der Waals surface area contributed by atoms with Gasteiger partial charge in [-0.3, -0.25) is 14.7 Å². The van der Waals surface area contributed by atoms with Gasteiger partial charge in [0, 0.05) is 60.5 Å². The molecule has 1 aliphatic rings. The number of pyridine rings is 1. The van der Waals surface area contributed by atoms with Gasteiger partial charge in [0.25, 0.3) is 5.91 Å². The zero-order chi connectivity index (χ0) is 27.2. The van der Waals surface area contributed by atoms with Gasteiger partial charge in [-0.15, -0.1) is 0 Å². The average Bonchev–Trinajstić information content (AvgIpc) is 3.38. The van der Waals surface area contributed by atoms with Crippen LogP contribution in [-0.4, -0.2) is 54.2 Å². The van der Waals surface area contributed by atoms with Crippen molar-refractivity contribution in [3.63, 3.8) is 0 Å². The second-order valence-corrected chi connectivity index (χ2v) is 9.54. The highest BCUT2D eigenvalue weighted by atomic mass is 19.1. The predicted molar refractivity (Wildman–Crippen MR) is 150 cm³/mol. The quantitative estimate of drug-likeness (QED) is 0.292. The summed E-state index contributed by atoms with van der Waals surface area (Å²) in [5.41, 5.74) is 3.93.